The van der Waals surface area contributed by atoms with Gasteiger partial charge in [0.15, 0.2) is 0 Å². The van der Waals surface area contributed by atoms with E-state index in [1.807, 2.05) is 18.2 Å². The molecule has 0 radical (unpaired) electrons. The third kappa shape index (κ3) is 4.51. The largest absolute Gasteiger partial charge is 0.370 e. The molecule has 1 unspecified atom stereocenters. The van der Waals surface area contributed by atoms with Crippen molar-refractivity contribution in [3.05, 3.63) is 24.3 Å². The Morgan fingerprint density at radius 1 is 1.14 bits per heavy atom. The summed E-state index contributed by atoms with van der Waals surface area (Å²) in [5.41, 5.74) is 2.13. The lowest BCUT2D eigenvalue weighted by atomic mass is 9.98. The summed E-state index contributed by atoms with van der Waals surface area (Å²) in [4.78, 5) is 14.7. The van der Waals surface area contributed by atoms with Gasteiger partial charge in [-0.05, 0) is 44.4 Å². The standard InChI is InChI=1S/C16H23N3O.2ClH/c20-16(13-6-5-9-17-12-13)18-14-7-1-2-8-15(14)19-10-3-4-11-19;;/h1-2,7-8,13,17H,3-6,9-12H2,(H,18,20);2*1H. The highest BCUT2D eigenvalue weighted by molar-refractivity contribution is 5.96. The van der Waals surface area contributed by atoms with Crippen LogP contribution < -0.4 is 15.5 Å². The number of rotatable bonds is 3. The van der Waals surface area contributed by atoms with E-state index in [0.717, 1.165) is 44.7 Å². The number of carbonyl (C=O) groups is 1. The van der Waals surface area contributed by atoms with E-state index in [9.17, 15) is 4.79 Å². The summed E-state index contributed by atoms with van der Waals surface area (Å²) >= 11 is 0. The summed E-state index contributed by atoms with van der Waals surface area (Å²) in [5.74, 6) is 0.263. The molecule has 0 aliphatic carbocycles. The molecule has 3 rings (SSSR count). The van der Waals surface area contributed by atoms with Gasteiger partial charge in [0.05, 0.1) is 17.3 Å². The number of hydrogen-bond donors (Lipinski definition) is 2. The molecule has 1 atom stereocenters. The third-order valence-corrected chi connectivity index (χ3v) is 4.28. The van der Waals surface area contributed by atoms with Crippen molar-refractivity contribution in [3.63, 3.8) is 0 Å². The van der Waals surface area contributed by atoms with Crippen LogP contribution in [0.2, 0.25) is 0 Å². The fourth-order valence-electron chi connectivity index (χ4n) is 3.12. The van der Waals surface area contributed by atoms with Crippen LogP contribution in [0, 0.1) is 5.92 Å². The number of para-hydroxylation sites is 2. The maximum atomic E-state index is 12.4. The molecule has 2 heterocycles. The van der Waals surface area contributed by atoms with Crippen LogP contribution in [0.5, 0.6) is 0 Å². The monoisotopic (exact) mass is 345 g/mol. The van der Waals surface area contributed by atoms with Crippen molar-refractivity contribution >= 4 is 42.1 Å². The Kier molecular flexibility index (Phi) is 8.01. The van der Waals surface area contributed by atoms with Crippen molar-refractivity contribution in [2.45, 2.75) is 25.7 Å². The summed E-state index contributed by atoms with van der Waals surface area (Å²) < 4.78 is 0. The van der Waals surface area contributed by atoms with Gasteiger partial charge < -0.3 is 15.5 Å². The molecule has 1 amide bonds. The summed E-state index contributed by atoms with van der Waals surface area (Å²) in [6.07, 6.45) is 4.57. The number of carbonyl (C=O) groups excluding carboxylic acids is 1. The van der Waals surface area contributed by atoms with Crippen LogP contribution in [0.4, 0.5) is 11.4 Å². The van der Waals surface area contributed by atoms with Gasteiger partial charge in [-0.3, -0.25) is 4.79 Å². The molecular weight excluding hydrogens is 321 g/mol. The zero-order chi connectivity index (χ0) is 13.8. The average Bonchev–Trinajstić information content (AvgIpc) is 3.03. The maximum absolute atomic E-state index is 12.4. The highest BCUT2D eigenvalue weighted by atomic mass is 35.5. The van der Waals surface area contributed by atoms with Crippen molar-refractivity contribution in [1.29, 1.82) is 0 Å². The van der Waals surface area contributed by atoms with Crippen LogP contribution in [0.15, 0.2) is 24.3 Å². The second-order valence-corrected chi connectivity index (χ2v) is 5.74. The molecule has 22 heavy (non-hydrogen) atoms. The maximum Gasteiger partial charge on any atom is 0.228 e. The van der Waals surface area contributed by atoms with E-state index in [0.29, 0.717) is 0 Å². The quantitative estimate of drug-likeness (QED) is 0.884. The highest BCUT2D eigenvalue weighted by Crippen LogP contribution is 2.29. The topological polar surface area (TPSA) is 44.4 Å². The van der Waals surface area contributed by atoms with Gasteiger partial charge in [0, 0.05) is 19.6 Å². The van der Waals surface area contributed by atoms with E-state index in [1.54, 1.807) is 0 Å². The predicted octanol–water partition coefficient (Wildman–Crippen LogP) is 3.07. The normalized spacial score (nSPS) is 20.7. The molecular formula is C16H25Cl2N3O. The number of piperidine rings is 1. The Labute approximate surface area is 144 Å². The number of nitrogens with zero attached hydrogens (tertiary/aromatic N) is 1. The Morgan fingerprint density at radius 2 is 1.86 bits per heavy atom. The van der Waals surface area contributed by atoms with Gasteiger partial charge in [-0.25, -0.2) is 0 Å². The lowest BCUT2D eigenvalue weighted by Gasteiger charge is -2.25. The van der Waals surface area contributed by atoms with Gasteiger partial charge in [-0.15, -0.1) is 24.8 Å². The third-order valence-electron chi connectivity index (χ3n) is 4.28. The van der Waals surface area contributed by atoms with Crippen molar-refractivity contribution in [2.24, 2.45) is 5.92 Å². The van der Waals surface area contributed by atoms with Crippen molar-refractivity contribution in [2.75, 3.05) is 36.4 Å². The molecule has 0 aromatic heterocycles. The Balaban J connectivity index is 0.00000121. The lowest BCUT2D eigenvalue weighted by Crippen LogP contribution is -2.37. The van der Waals surface area contributed by atoms with E-state index < -0.39 is 0 Å². The summed E-state index contributed by atoms with van der Waals surface area (Å²) in [7, 11) is 0. The summed E-state index contributed by atoms with van der Waals surface area (Å²) in [6.45, 7) is 4.03. The van der Waals surface area contributed by atoms with E-state index >= 15 is 0 Å². The summed E-state index contributed by atoms with van der Waals surface area (Å²) in [6, 6.07) is 8.17. The fourth-order valence-corrected chi connectivity index (χ4v) is 3.12. The van der Waals surface area contributed by atoms with Crippen LogP contribution in [-0.4, -0.2) is 32.1 Å². The second-order valence-electron chi connectivity index (χ2n) is 5.74. The minimum Gasteiger partial charge on any atom is -0.370 e. The first kappa shape index (κ1) is 19.1. The minimum atomic E-state index is 0. The Bertz CT molecular complexity index is 472. The Hall–Kier alpha value is -0.970. The number of nitrogens with one attached hydrogen (secondary N) is 2. The average molecular weight is 346 g/mol. The van der Waals surface area contributed by atoms with Crippen LogP contribution in [0.3, 0.4) is 0 Å². The van der Waals surface area contributed by atoms with Gasteiger partial charge in [0.2, 0.25) is 5.91 Å². The van der Waals surface area contributed by atoms with Gasteiger partial charge >= 0.3 is 0 Å². The minimum absolute atomic E-state index is 0. The molecule has 124 valence electrons. The van der Waals surface area contributed by atoms with Crippen molar-refractivity contribution in [3.8, 4) is 0 Å². The smallest absolute Gasteiger partial charge is 0.228 e. The first-order valence-electron chi connectivity index (χ1n) is 7.70. The van der Waals surface area contributed by atoms with E-state index in [4.69, 9.17) is 0 Å². The highest BCUT2D eigenvalue weighted by Gasteiger charge is 2.22. The number of hydrogen-bond acceptors (Lipinski definition) is 3. The number of benzene rings is 1. The summed E-state index contributed by atoms with van der Waals surface area (Å²) in [5, 5.41) is 6.44. The molecule has 0 spiro atoms. The van der Waals surface area contributed by atoms with Crippen LogP contribution in [-0.2, 0) is 4.79 Å². The van der Waals surface area contributed by atoms with E-state index in [2.05, 4.69) is 21.6 Å². The van der Waals surface area contributed by atoms with E-state index in [-0.39, 0.29) is 36.6 Å². The molecule has 2 saturated heterocycles. The molecule has 0 saturated carbocycles. The molecule has 6 heteroatoms. The SMILES string of the molecule is Cl.Cl.O=C(Nc1ccccc1N1CCCC1)C1CCCNC1. The molecule has 2 fully saturated rings. The molecule has 0 bridgehead atoms. The molecule has 1 aromatic rings. The van der Waals surface area contributed by atoms with Crippen LogP contribution in [0.1, 0.15) is 25.7 Å². The first-order valence-corrected chi connectivity index (χ1v) is 7.70. The molecule has 4 nitrogen and oxygen atoms in total. The van der Waals surface area contributed by atoms with Gasteiger partial charge in [-0.1, -0.05) is 12.1 Å². The first-order chi connectivity index (χ1) is 9.84. The second kappa shape index (κ2) is 9.23. The van der Waals surface area contributed by atoms with Crippen molar-refractivity contribution in [1.82, 2.24) is 5.32 Å². The molecule has 1 aromatic carbocycles. The fraction of sp³-hybridized carbons (Fsp3) is 0.562. The van der Waals surface area contributed by atoms with Crippen LogP contribution >= 0.6 is 24.8 Å². The molecule has 2 aliphatic rings. The zero-order valence-electron chi connectivity index (χ0n) is 12.7. The lowest BCUT2D eigenvalue weighted by molar-refractivity contribution is -0.120. The number of anilines is 2. The predicted molar refractivity (Wildman–Crippen MR) is 96.6 cm³/mol. The Morgan fingerprint density at radius 3 is 2.55 bits per heavy atom. The molecule has 2 aliphatic heterocycles. The van der Waals surface area contributed by atoms with Gasteiger partial charge in [0.25, 0.3) is 0 Å². The number of amides is 1. The van der Waals surface area contributed by atoms with Gasteiger partial charge in [0.1, 0.15) is 0 Å². The molecule has 2 N–H and O–H groups in total. The van der Waals surface area contributed by atoms with Gasteiger partial charge in [-0.2, -0.15) is 0 Å². The van der Waals surface area contributed by atoms with Crippen LogP contribution in [0.25, 0.3) is 0 Å². The number of halogens is 2. The van der Waals surface area contributed by atoms with Crippen molar-refractivity contribution < 1.29 is 4.79 Å². The van der Waals surface area contributed by atoms with E-state index in [1.165, 1.54) is 18.5 Å². The zero-order valence-corrected chi connectivity index (χ0v) is 14.3.